The third kappa shape index (κ3) is 4.25. The highest BCUT2D eigenvalue weighted by molar-refractivity contribution is 5.90. The zero-order chi connectivity index (χ0) is 17.0. The topological polar surface area (TPSA) is 43.2 Å². The van der Waals surface area contributed by atoms with E-state index in [0.717, 1.165) is 18.5 Å². The smallest absolute Gasteiger partial charge is 0.306 e. The van der Waals surface area contributed by atoms with Gasteiger partial charge in [-0.1, -0.05) is 53.7 Å². The van der Waals surface area contributed by atoms with E-state index >= 15 is 0 Å². The van der Waals surface area contributed by atoms with Gasteiger partial charge in [0.2, 0.25) is 0 Å². The third-order valence-electron chi connectivity index (χ3n) is 4.84. The second-order valence-corrected chi connectivity index (χ2v) is 7.14. The van der Waals surface area contributed by atoms with Crippen molar-refractivity contribution >= 4 is 11.7 Å². The first kappa shape index (κ1) is 18.5. The van der Waals surface area contributed by atoms with E-state index in [1.807, 2.05) is 6.92 Å². The maximum atomic E-state index is 11.9. The van der Waals surface area contributed by atoms with E-state index in [2.05, 4.69) is 70.4 Å². The number of urea groups is 1. The van der Waals surface area contributed by atoms with E-state index in [9.17, 15) is 4.79 Å². The first-order valence-electron chi connectivity index (χ1n) is 8.31. The molecule has 0 spiro atoms. The number of anilines is 1. The van der Waals surface area contributed by atoms with Gasteiger partial charge in [-0.05, 0) is 47.8 Å². The summed E-state index contributed by atoms with van der Waals surface area (Å²) >= 11 is 0. The minimum atomic E-state index is -0.262. The van der Waals surface area contributed by atoms with Crippen LogP contribution in [0.5, 0.6) is 0 Å². The molecule has 0 aliphatic heterocycles. The number of nitrogens with one attached hydrogen (secondary N) is 1. The summed E-state index contributed by atoms with van der Waals surface area (Å²) in [5.74, 6) is 0. The summed E-state index contributed by atoms with van der Waals surface area (Å²) in [5, 5.41) is 6.91. The molecule has 0 saturated carbocycles. The molecule has 0 aromatic heterocycles. The fourth-order valence-corrected chi connectivity index (χ4v) is 2.35. The van der Waals surface area contributed by atoms with Gasteiger partial charge in [-0.2, -0.15) is 0 Å². The van der Waals surface area contributed by atoms with Crippen molar-refractivity contribution in [3.8, 4) is 0 Å². The lowest BCUT2D eigenvalue weighted by molar-refractivity contribution is 0.252. The maximum Gasteiger partial charge on any atom is 0.340 e. The normalized spacial score (nSPS) is 12.1. The van der Waals surface area contributed by atoms with E-state index in [-0.39, 0.29) is 16.9 Å². The van der Waals surface area contributed by atoms with Crippen LogP contribution in [-0.2, 0) is 10.8 Å². The van der Waals surface area contributed by atoms with Gasteiger partial charge in [-0.15, -0.1) is 0 Å². The van der Waals surface area contributed by atoms with Crippen LogP contribution in [0.25, 0.3) is 0 Å². The number of hydrogen-bond acceptors (Lipinski definition) is 1. The molecule has 1 aromatic carbocycles. The van der Waals surface area contributed by atoms with Gasteiger partial charge in [0.1, 0.15) is 0 Å². The number of carbonyl (C=O) groups is 1. The summed E-state index contributed by atoms with van der Waals surface area (Å²) in [6.45, 7) is 15.6. The van der Waals surface area contributed by atoms with Crippen molar-refractivity contribution in [2.24, 2.45) is 0 Å². The standard InChI is InChI=1S/C19H31N2O/c1-8-18(4,5)14-11-12-15(19(6,7)9-2)16(13-14)21-17(22)20-10-3/h11-13H,8-10H2,1-7H3,(H,21,22). The van der Waals surface area contributed by atoms with Crippen LogP contribution < -0.4 is 10.6 Å². The Labute approximate surface area is 135 Å². The van der Waals surface area contributed by atoms with Crippen LogP contribution in [0.1, 0.15) is 72.4 Å². The average Bonchev–Trinajstić information content (AvgIpc) is 2.47. The van der Waals surface area contributed by atoms with Gasteiger partial charge in [0.05, 0.1) is 0 Å². The van der Waals surface area contributed by atoms with E-state index in [1.54, 1.807) is 0 Å². The van der Waals surface area contributed by atoms with E-state index in [0.29, 0.717) is 6.54 Å². The first-order valence-corrected chi connectivity index (χ1v) is 8.31. The molecule has 0 fully saturated rings. The zero-order valence-electron chi connectivity index (χ0n) is 15.2. The minimum Gasteiger partial charge on any atom is -0.306 e. The van der Waals surface area contributed by atoms with Crippen molar-refractivity contribution in [3.05, 3.63) is 29.3 Å². The van der Waals surface area contributed by atoms with Gasteiger partial charge in [0.15, 0.2) is 0 Å². The molecule has 0 heterocycles. The Kier molecular flexibility index (Phi) is 6.04. The predicted molar refractivity (Wildman–Crippen MR) is 94.8 cm³/mol. The Balaban J connectivity index is 3.31. The van der Waals surface area contributed by atoms with Gasteiger partial charge in [-0.25, -0.2) is 10.1 Å². The van der Waals surface area contributed by atoms with Crippen molar-refractivity contribution in [1.29, 1.82) is 0 Å². The molecule has 1 aromatic rings. The Morgan fingerprint density at radius 1 is 1.05 bits per heavy atom. The number of hydrogen-bond donors (Lipinski definition) is 1. The highest BCUT2D eigenvalue weighted by atomic mass is 16.2. The summed E-state index contributed by atoms with van der Waals surface area (Å²) in [6, 6.07) is 6.22. The predicted octanol–water partition coefficient (Wildman–Crippen LogP) is 5.22. The van der Waals surface area contributed by atoms with Crippen molar-refractivity contribution in [2.75, 3.05) is 11.9 Å². The molecule has 3 nitrogen and oxygen atoms in total. The quantitative estimate of drug-likeness (QED) is 0.769. The lowest BCUT2D eigenvalue weighted by Crippen LogP contribution is -2.26. The van der Waals surface area contributed by atoms with Crippen molar-refractivity contribution < 1.29 is 4.79 Å². The molecule has 1 radical (unpaired) electrons. The van der Waals surface area contributed by atoms with Crippen LogP contribution in [-0.4, -0.2) is 12.6 Å². The molecule has 22 heavy (non-hydrogen) atoms. The molecule has 123 valence electrons. The molecule has 0 atom stereocenters. The minimum absolute atomic E-state index is 0.0176. The number of nitrogens with zero attached hydrogens (tertiary/aromatic N) is 1. The van der Waals surface area contributed by atoms with Crippen LogP contribution in [0.15, 0.2) is 18.2 Å². The summed E-state index contributed by atoms with van der Waals surface area (Å²) in [6.07, 6.45) is 2.06. The number of benzene rings is 1. The highest BCUT2D eigenvalue weighted by Crippen LogP contribution is 2.36. The monoisotopic (exact) mass is 303 g/mol. The SMILES string of the molecule is CC[N]C(=O)Nc1cc(C(C)(C)CC)ccc1C(C)(C)CC. The van der Waals surface area contributed by atoms with Crippen molar-refractivity contribution in [1.82, 2.24) is 5.32 Å². The lowest BCUT2D eigenvalue weighted by Gasteiger charge is -2.30. The molecule has 1 N–H and O–H groups in total. The van der Waals surface area contributed by atoms with Crippen molar-refractivity contribution in [2.45, 2.75) is 72.1 Å². The molecular formula is C19H31N2O. The molecule has 0 unspecified atom stereocenters. The molecule has 1 rings (SSSR count). The van der Waals surface area contributed by atoms with Crippen LogP contribution in [0.4, 0.5) is 10.5 Å². The van der Waals surface area contributed by atoms with Crippen LogP contribution in [0.3, 0.4) is 0 Å². The number of amides is 2. The molecule has 0 aliphatic carbocycles. The average molecular weight is 303 g/mol. The van der Waals surface area contributed by atoms with Crippen LogP contribution >= 0.6 is 0 Å². The summed E-state index contributed by atoms with van der Waals surface area (Å²) < 4.78 is 0. The van der Waals surface area contributed by atoms with Gasteiger partial charge in [0, 0.05) is 12.2 Å². The number of carbonyl (C=O) groups excluding carboxylic acids is 1. The van der Waals surface area contributed by atoms with Gasteiger partial charge in [0.25, 0.3) is 0 Å². The van der Waals surface area contributed by atoms with E-state index in [4.69, 9.17) is 0 Å². The maximum absolute atomic E-state index is 11.9. The lowest BCUT2D eigenvalue weighted by atomic mass is 9.77. The Bertz CT molecular complexity index is 518. The summed E-state index contributed by atoms with van der Waals surface area (Å²) in [7, 11) is 0. The summed E-state index contributed by atoms with van der Waals surface area (Å²) in [5.41, 5.74) is 3.43. The Hall–Kier alpha value is -1.51. The van der Waals surface area contributed by atoms with Crippen molar-refractivity contribution in [3.63, 3.8) is 0 Å². The second-order valence-electron chi connectivity index (χ2n) is 7.14. The first-order chi connectivity index (χ1) is 10.2. The molecule has 0 bridgehead atoms. The van der Waals surface area contributed by atoms with E-state index < -0.39 is 0 Å². The van der Waals surface area contributed by atoms with E-state index in [1.165, 1.54) is 11.1 Å². The molecule has 3 heteroatoms. The summed E-state index contributed by atoms with van der Waals surface area (Å²) in [4.78, 5) is 11.9. The second kappa shape index (κ2) is 7.17. The van der Waals surface area contributed by atoms with Crippen LogP contribution in [0.2, 0.25) is 0 Å². The fraction of sp³-hybridized carbons (Fsp3) is 0.632. The Morgan fingerprint density at radius 3 is 2.14 bits per heavy atom. The number of rotatable bonds is 6. The van der Waals surface area contributed by atoms with Crippen LogP contribution in [0, 0.1) is 0 Å². The van der Waals surface area contributed by atoms with Gasteiger partial charge >= 0.3 is 6.03 Å². The largest absolute Gasteiger partial charge is 0.340 e. The third-order valence-corrected chi connectivity index (χ3v) is 4.84. The molecule has 0 saturated heterocycles. The zero-order valence-corrected chi connectivity index (χ0v) is 15.2. The van der Waals surface area contributed by atoms with Gasteiger partial charge < -0.3 is 5.32 Å². The highest BCUT2D eigenvalue weighted by Gasteiger charge is 2.25. The van der Waals surface area contributed by atoms with Gasteiger partial charge in [-0.3, -0.25) is 0 Å². The Morgan fingerprint density at radius 2 is 1.64 bits per heavy atom. The molecule has 0 aliphatic rings. The fourth-order valence-electron chi connectivity index (χ4n) is 2.35. The molecular weight excluding hydrogens is 272 g/mol. The molecule has 2 amide bonds.